The monoisotopic (exact) mass is 431 g/mol. The van der Waals surface area contributed by atoms with Crippen LogP contribution in [0.2, 0.25) is 0 Å². The highest BCUT2D eigenvalue weighted by Gasteiger charge is 2.17. The Morgan fingerprint density at radius 2 is 1.65 bits per heavy atom. The zero-order valence-corrected chi connectivity index (χ0v) is 17.5. The van der Waals surface area contributed by atoms with E-state index in [1.165, 1.54) is 15.3 Å². The maximum Gasteiger partial charge on any atom is 0.271 e. The van der Waals surface area contributed by atoms with Crippen LogP contribution >= 0.6 is 12.2 Å². The third kappa shape index (κ3) is 4.39. The molecule has 0 aliphatic carbocycles. The molecule has 0 fully saturated rings. The van der Waals surface area contributed by atoms with Gasteiger partial charge in [-0.25, -0.2) is 4.98 Å². The molecule has 4 rings (SSSR count). The Labute approximate surface area is 184 Å². The van der Waals surface area contributed by atoms with Crippen molar-refractivity contribution < 1.29 is 5.11 Å². The van der Waals surface area contributed by atoms with Gasteiger partial charge in [0.2, 0.25) is 5.88 Å². The lowest BCUT2D eigenvalue weighted by Gasteiger charge is -2.16. The number of benzene rings is 2. The highest BCUT2D eigenvalue weighted by Crippen LogP contribution is 2.21. The number of rotatable bonds is 7. The van der Waals surface area contributed by atoms with E-state index in [1.54, 1.807) is 24.7 Å². The fourth-order valence-corrected chi connectivity index (χ4v) is 3.64. The average Bonchev–Trinajstić information content (AvgIpc) is 3.31. The lowest BCUT2D eigenvalue weighted by molar-refractivity contribution is 0.430. The highest BCUT2D eigenvalue weighted by molar-refractivity contribution is 7.71. The van der Waals surface area contributed by atoms with Crippen molar-refractivity contribution in [1.29, 1.82) is 0 Å². The summed E-state index contributed by atoms with van der Waals surface area (Å²) in [5.41, 5.74) is 0.949. The molecule has 0 aliphatic heterocycles. The van der Waals surface area contributed by atoms with E-state index < -0.39 is 5.56 Å². The van der Waals surface area contributed by atoms with Gasteiger partial charge >= 0.3 is 0 Å². The van der Waals surface area contributed by atoms with Crippen LogP contribution in [0, 0.1) is 4.77 Å². The second kappa shape index (κ2) is 9.36. The second-order valence-electron chi connectivity index (χ2n) is 6.86. The number of nitrogens with zero attached hydrogens (tertiary/aromatic N) is 5. The minimum Gasteiger partial charge on any atom is -0.494 e. The Bertz CT molecular complexity index is 1290. The second-order valence-corrected chi connectivity index (χ2v) is 7.22. The van der Waals surface area contributed by atoms with E-state index in [9.17, 15) is 9.90 Å². The molecule has 0 atom stereocenters. The van der Waals surface area contributed by atoms with Crippen LogP contribution < -0.4 is 5.56 Å². The molecule has 0 bridgehead atoms. The summed E-state index contributed by atoms with van der Waals surface area (Å²) in [7, 11) is 0. The molecule has 0 unspecified atom stereocenters. The molecule has 0 amide bonds. The van der Waals surface area contributed by atoms with Crippen molar-refractivity contribution in [1.82, 2.24) is 18.7 Å². The molecule has 31 heavy (non-hydrogen) atoms. The molecule has 7 nitrogen and oxygen atoms in total. The SMILES string of the molecule is O=c1c(C=NCCCn2ccnc2)c(O)n(-c2ccccc2)c(=S)n1-c1ccccc1. The summed E-state index contributed by atoms with van der Waals surface area (Å²) in [6.45, 7) is 1.27. The third-order valence-corrected chi connectivity index (χ3v) is 5.15. The summed E-state index contributed by atoms with van der Waals surface area (Å²) >= 11 is 5.60. The van der Waals surface area contributed by atoms with E-state index in [4.69, 9.17) is 12.2 Å². The highest BCUT2D eigenvalue weighted by atomic mass is 32.1. The quantitative estimate of drug-likeness (QED) is 0.275. The number of aliphatic imine (C=N–C) groups is 1. The van der Waals surface area contributed by atoms with Gasteiger partial charge in [-0.3, -0.25) is 18.9 Å². The summed E-state index contributed by atoms with van der Waals surface area (Å²) in [5, 5.41) is 11.0. The summed E-state index contributed by atoms with van der Waals surface area (Å²) in [4.78, 5) is 21.7. The number of para-hydroxylation sites is 2. The van der Waals surface area contributed by atoms with Gasteiger partial charge in [0.1, 0.15) is 5.56 Å². The van der Waals surface area contributed by atoms with Gasteiger partial charge in [-0.1, -0.05) is 36.4 Å². The number of hydrogen-bond donors (Lipinski definition) is 1. The Morgan fingerprint density at radius 3 is 2.26 bits per heavy atom. The van der Waals surface area contributed by atoms with Crippen molar-refractivity contribution in [2.75, 3.05) is 6.54 Å². The predicted octanol–water partition coefficient (Wildman–Crippen LogP) is 3.77. The Hall–Kier alpha value is -3.78. The molecule has 0 saturated heterocycles. The standard InChI is InChI=1S/C23H21N5O2S/c29-21-20(16-24-12-7-14-26-15-13-25-17-26)22(30)28(19-10-5-2-6-11-19)23(31)27(21)18-8-3-1-4-9-18/h1-6,8-11,13,15-17,29H,7,12,14H2. The van der Waals surface area contributed by atoms with Crippen molar-refractivity contribution in [3.05, 3.63) is 100 Å². The number of aryl methyl sites for hydroxylation is 1. The van der Waals surface area contributed by atoms with Crippen LogP contribution in [0.4, 0.5) is 0 Å². The van der Waals surface area contributed by atoms with Gasteiger partial charge in [0, 0.05) is 31.7 Å². The van der Waals surface area contributed by atoms with Crippen LogP contribution in [-0.2, 0) is 6.54 Å². The number of aromatic nitrogens is 4. The maximum absolute atomic E-state index is 13.3. The lowest BCUT2D eigenvalue weighted by Crippen LogP contribution is -2.27. The van der Waals surface area contributed by atoms with Crippen molar-refractivity contribution in [3.8, 4) is 17.3 Å². The number of imidazole rings is 1. The first kappa shape index (κ1) is 20.5. The zero-order valence-electron chi connectivity index (χ0n) is 16.7. The molecular weight excluding hydrogens is 410 g/mol. The summed E-state index contributed by atoms with van der Waals surface area (Å²) < 4.78 is 5.04. The fourth-order valence-electron chi connectivity index (χ4n) is 3.26. The number of hydrogen-bond acceptors (Lipinski definition) is 5. The molecule has 0 radical (unpaired) electrons. The normalized spacial score (nSPS) is 11.2. The van der Waals surface area contributed by atoms with E-state index >= 15 is 0 Å². The molecule has 0 aliphatic rings. The van der Waals surface area contributed by atoms with Gasteiger partial charge in [-0.05, 0) is 42.9 Å². The molecule has 1 N–H and O–H groups in total. The first-order chi connectivity index (χ1) is 15.2. The molecule has 2 aromatic heterocycles. The minimum absolute atomic E-state index is 0.0870. The average molecular weight is 432 g/mol. The molecule has 0 spiro atoms. The van der Waals surface area contributed by atoms with E-state index in [0.717, 1.165) is 13.0 Å². The van der Waals surface area contributed by atoms with Gasteiger partial charge in [0.25, 0.3) is 5.56 Å². The largest absolute Gasteiger partial charge is 0.494 e. The predicted molar refractivity (Wildman–Crippen MR) is 123 cm³/mol. The van der Waals surface area contributed by atoms with E-state index in [1.807, 2.05) is 59.3 Å². The molecule has 2 heterocycles. The Morgan fingerprint density at radius 1 is 1.00 bits per heavy atom. The van der Waals surface area contributed by atoms with Crippen LogP contribution in [0.3, 0.4) is 0 Å². The first-order valence-corrected chi connectivity index (χ1v) is 10.2. The van der Waals surface area contributed by atoms with Crippen molar-refractivity contribution >= 4 is 18.4 Å². The third-order valence-electron chi connectivity index (χ3n) is 4.78. The zero-order chi connectivity index (χ0) is 21.6. The summed E-state index contributed by atoms with van der Waals surface area (Å²) in [6.07, 6.45) is 7.57. The minimum atomic E-state index is -0.417. The van der Waals surface area contributed by atoms with E-state index in [2.05, 4.69) is 9.98 Å². The van der Waals surface area contributed by atoms with E-state index in [0.29, 0.717) is 17.9 Å². The van der Waals surface area contributed by atoms with Crippen LogP contribution in [0.1, 0.15) is 12.0 Å². The molecule has 4 aromatic rings. The topological polar surface area (TPSA) is 77.3 Å². The Kier molecular flexibility index (Phi) is 6.18. The van der Waals surface area contributed by atoms with Crippen molar-refractivity contribution in [2.24, 2.45) is 4.99 Å². The lowest BCUT2D eigenvalue weighted by atomic mass is 10.2. The molecule has 0 saturated carbocycles. The van der Waals surface area contributed by atoms with Gasteiger partial charge in [-0.2, -0.15) is 0 Å². The molecule has 8 heteroatoms. The van der Waals surface area contributed by atoms with E-state index in [-0.39, 0.29) is 16.2 Å². The Balaban J connectivity index is 1.76. The first-order valence-electron chi connectivity index (χ1n) is 9.84. The van der Waals surface area contributed by atoms with Crippen molar-refractivity contribution in [3.63, 3.8) is 0 Å². The van der Waals surface area contributed by atoms with Gasteiger partial charge < -0.3 is 9.67 Å². The maximum atomic E-state index is 13.3. The molecule has 2 aromatic carbocycles. The summed E-state index contributed by atoms with van der Waals surface area (Å²) in [5.74, 6) is -0.230. The van der Waals surface area contributed by atoms with Crippen LogP contribution in [-0.4, -0.2) is 36.6 Å². The van der Waals surface area contributed by atoms with Crippen LogP contribution in [0.15, 0.2) is 89.2 Å². The van der Waals surface area contributed by atoms with Crippen molar-refractivity contribution in [2.45, 2.75) is 13.0 Å². The van der Waals surface area contributed by atoms with Gasteiger partial charge in [-0.15, -0.1) is 0 Å². The van der Waals surface area contributed by atoms with Gasteiger partial charge in [0.15, 0.2) is 4.77 Å². The smallest absolute Gasteiger partial charge is 0.271 e. The fraction of sp³-hybridized carbons (Fsp3) is 0.130. The summed E-state index contributed by atoms with van der Waals surface area (Å²) in [6, 6.07) is 18.3. The number of aromatic hydroxyl groups is 1. The van der Waals surface area contributed by atoms with Crippen LogP contribution in [0.25, 0.3) is 11.4 Å². The molecule has 156 valence electrons. The van der Waals surface area contributed by atoms with Crippen LogP contribution in [0.5, 0.6) is 5.88 Å². The molecular formula is C23H21N5O2S. The van der Waals surface area contributed by atoms with Gasteiger partial charge in [0.05, 0.1) is 17.7 Å².